The predicted molar refractivity (Wildman–Crippen MR) is 414 cm³/mol. The van der Waals surface area contributed by atoms with Crippen LogP contribution in [-0.2, 0) is 65.4 Å². The lowest BCUT2D eigenvalue weighted by molar-refractivity contribution is -0.161. The number of phosphoric ester groups is 2. The summed E-state index contributed by atoms with van der Waals surface area (Å²) in [6.07, 6.45) is 61.2. The molecule has 19 heteroatoms. The van der Waals surface area contributed by atoms with Gasteiger partial charge in [0.1, 0.15) is 19.3 Å². The fraction of sp³-hybridized carbons (Fsp3) is 0.951. The Balaban J connectivity index is 5.18. The van der Waals surface area contributed by atoms with Crippen molar-refractivity contribution < 1.29 is 80.2 Å². The van der Waals surface area contributed by atoms with Crippen molar-refractivity contribution in [3.63, 3.8) is 0 Å². The Labute approximate surface area is 619 Å². The minimum Gasteiger partial charge on any atom is -0.462 e. The lowest BCUT2D eigenvalue weighted by Crippen LogP contribution is -2.30. The molecule has 0 saturated carbocycles. The summed E-state index contributed by atoms with van der Waals surface area (Å²) in [5.41, 5.74) is 0. The van der Waals surface area contributed by atoms with Crippen LogP contribution >= 0.6 is 15.6 Å². The van der Waals surface area contributed by atoms with Gasteiger partial charge in [0.2, 0.25) is 0 Å². The van der Waals surface area contributed by atoms with Gasteiger partial charge in [-0.2, -0.15) is 0 Å². The van der Waals surface area contributed by atoms with Gasteiger partial charge < -0.3 is 33.8 Å². The summed E-state index contributed by atoms with van der Waals surface area (Å²) in [6.45, 7) is 12.0. The number of esters is 4. The first kappa shape index (κ1) is 99.1. The molecular weight excluding hydrogens is 1320 g/mol. The molecule has 101 heavy (non-hydrogen) atoms. The molecule has 0 aromatic rings. The molecule has 0 spiro atoms. The van der Waals surface area contributed by atoms with Crippen molar-refractivity contribution in [2.75, 3.05) is 39.6 Å². The van der Waals surface area contributed by atoms with Gasteiger partial charge >= 0.3 is 39.5 Å². The van der Waals surface area contributed by atoms with Crippen LogP contribution in [0.5, 0.6) is 0 Å². The second-order valence-electron chi connectivity index (χ2n) is 30.7. The van der Waals surface area contributed by atoms with E-state index in [1.165, 1.54) is 238 Å². The fourth-order valence-corrected chi connectivity index (χ4v) is 14.2. The molecule has 600 valence electrons. The van der Waals surface area contributed by atoms with Crippen molar-refractivity contribution in [3.05, 3.63) is 0 Å². The van der Waals surface area contributed by atoms with Crippen molar-refractivity contribution in [2.24, 2.45) is 17.8 Å². The van der Waals surface area contributed by atoms with Crippen LogP contribution in [0, 0.1) is 17.8 Å². The normalized spacial score (nSPS) is 14.2. The van der Waals surface area contributed by atoms with Gasteiger partial charge in [-0.25, -0.2) is 9.13 Å². The third-order valence-corrected chi connectivity index (χ3v) is 21.4. The van der Waals surface area contributed by atoms with Gasteiger partial charge in [0.25, 0.3) is 0 Å². The zero-order chi connectivity index (χ0) is 74.4. The number of aliphatic hydroxyl groups is 1. The summed E-state index contributed by atoms with van der Waals surface area (Å²) >= 11 is 0. The first-order valence-corrected chi connectivity index (χ1v) is 45.4. The number of phosphoric acid groups is 2. The van der Waals surface area contributed by atoms with Crippen LogP contribution in [0.2, 0.25) is 0 Å². The molecule has 0 rings (SSSR count). The molecule has 0 aliphatic rings. The number of ether oxygens (including phenoxy) is 4. The summed E-state index contributed by atoms with van der Waals surface area (Å²) in [7, 11) is -9.92. The molecule has 0 heterocycles. The summed E-state index contributed by atoms with van der Waals surface area (Å²) < 4.78 is 68.6. The highest BCUT2D eigenvalue weighted by molar-refractivity contribution is 7.47. The zero-order valence-electron chi connectivity index (χ0n) is 66.4. The molecular formula is C82H160O17P2. The Kier molecular flexibility index (Phi) is 70.9. The minimum absolute atomic E-state index is 0.105. The Bertz CT molecular complexity index is 1960. The molecule has 0 aliphatic carbocycles. The maximum absolute atomic E-state index is 13.1. The predicted octanol–water partition coefficient (Wildman–Crippen LogP) is 24.5. The minimum atomic E-state index is -4.96. The van der Waals surface area contributed by atoms with Gasteiger partial charge in [0.05, 0.1) is 26.4 Å². The van der Waals surface area contributed by atoms with Crippen LogP contribution in [0.3, 0.4) is 0 Å². The first-order valence-electron chi connectivity index (χ1n) is 42.4. The van der Waals surface area contributed by atoms with E-state index in [9.17, 15) is 43.2 Å². The highest BCUT2D eigenvalue weighted by Crippen LogP contribution is 2.45. The van der Waals surface area contributed by atoms with E-state index in [0.717, 1.165) is 108 Å². The average molecular weight is 1480 g/mol. The molecule has 17 nitrogen and oxygen atoms in total. The SMILES string of the molecule is CCCCCCCCCCCC(=O)OC[C@H](COP(=O)(O)OC[C@H](O)COP(=O)(O)OC[C@@H](COC(=O)CCCCCCCCCCCCCCCCCCC(C)C)OC(=O)CCCCCCCCCCCCCCCCCCCCC(C)CC)OC(=O)CCCCCCCCCCC(C)C. The number of aliphatic hydroxyl groups excluding tert-OH is 1. The Morgan fingerprint density at radius 2 is 0.505 bits per heavy atom. The van der Waals surface area contributed by atoms with E-state index in [-0.39, 0.29) is 25.7 Å². The smallest absolute Gasteiger partial charge is 0.462 e. The maximum atomic E-state index is 13.1. The van der Waals surface area contributed by atoms with Gasteiger partial charge in [-0.1, -0.05) is 376 Å². The van der Waals surface area contributed by atoms with Gasteiger partial charge in [-0.15, -0.1) is 0 Å². The van der Waals surface area contributed by atoms with Crippen LogP contribution in [0.15, 0.2) is 0 Å². The lowest BCUT2D eigenvalue weighted by atomic mass is 9.99. The highest BCUT2D eigenvalue weighted by Gasteiger charge is 2.30. The molecule has 0 bridgehead atoms. The standard InChI is InChI=1S/C82H160O17P2/c1-8-10-11-12-13-32-42-49-56-63-79(84)92-69-78(99-82(87)66-59-52-45-38-37-40-47-54-61-74(5)6)72-97-101(90,91)95-68-76(83)67-94-100(88,89)96-71-77(70-93-80(85)64-57-50-43-35-30-26-22-19-18-20-24-28-33-39-46-53-60-73(3)4)98-81(86)65-58-51-44-36-31-27-23-17-15-14-16-21-25-29-34-41-48-55-62-75(7)9-2/h73-78,83H,8-72H2,1-7H3,(H,88,89)(H,90,91)/t75?,76-,77-,78-/m1/s1. The first-order chi connectivity index (χ1) is 48.8. The summed E-state index contributed by atoms with van der Waals surface area (Å²) in [5, 5.41) is 10.6. The van der Waals surface area contributed by atoms with Gasteiger partial charge in [-0.05, 0) is 43.4 Å². The maximum Gasteiger partial charge on any atom is 0.472 e. The highest BCUT2D eigenvalue weighted by atomic mass is 31.2. The molecule has 0 amide bonds. The molecule has 6 atom stereocenters. The van der Waals surface area contributed by atoms with Crippen molar-refractivity contribution in [3.8, 4) is 0 Å². The van der Waals surface area contributed by atoms with Crippen LogP contribution in [-0.4, -0.2) is 96.7 Å². The van der Waals surface area contributed by atoms with E-state index in [4.69, 9.17) is 37.0 Å². The number of carbonyl (C=O) groups excluding carboxylic acids is 4. The molecule has 0 radical (unpaired) electrons. The number of hydrogen-bond acceptors (Lipinski definition) is 15. The van der Waals surface area contributed by atoms with E-state index in [2.05, 4.69) is 48.5 Å². The van der Waals surface area contributed by atoms with Crippen LogP contribution in [0.4, 0.5) is 0 Å². The second kappa shape index (κ2) is 72.3. The van der Waals surface area contributed by atoms with Crippen molar-refractivity contribution in [1.29, 1.82) is 0 Å². The third kappa shape index (κ3) is 74.7. The summed E-state index contributed by atoms with van der Waals surface area (Å²) in [6, 6.07) is 0. The van der Waals surface area contributed by atoms with Gasteiger partial charge in [-0.3, -0.25) is 37.3 Å². The van der Waals surface area contributed by atoms with Gasteiger partial charge in [0.15, 0.2) is 12.2 Å². The van der Waals surface area contributed by atoms with E-state index in [1.54, 1.807) is 0 Å². The number of rotatable bonds is 80. The van der Waals surface area contributed by atoms with Gasteiger partial charge in [0, 0.05) is 25.7 Å². The fourth-order valence-electron chi connectivity index (χ4n) is 12.6. The molecule has 0 aromatic heterocycles. The Hall–Kier alpha value is -1.94. The molecule has 0 aliphatic heterocycles. The molecule has 0 fully saturated rings. The molecule has 3 unspecified atom stereocenters. The van der Waals surface area contributed by atoms with E-state index >= 15 is 0 Å². The van der Waals surface area contributed by atoms with Crippen molar-refractivity contribution >= 4 is 39.5 Å². The molecule has 0 aromatic carbocycles. The summed E-state index contributed by atoms with van der Waals surface area (Å²) in [5.74, 6) is 0.288. The topological polar surface area (TPSA) is 237 Å². The second-order valence-corrected chi connectivity index (χ2v) is 33.6. The van der Waals surface area contributed by atoms with Crippen LogP contribution in [0.1, 0.15) is 427 Å². The van der Waals surface area contributed by atoms with Crippen molar-refractivity contribution in [1.82, 2.24) is 0 Å². The quantitative estimate of drug-likeness (QED) is 0.0222. The Morgan fingerprint density at radius 3 is 0.752 bits per heavy atom. The van der Waals surface area contributed by atoms with E-state index in [1.807, 2.05) is 0 Å². The average Bonchev–Trinajstić information content (AvgIpc) is 0.968. The van der Waals surface area contributed by atoms with Crippen LogP contribution < -0.4 is 0 Å². The monoisotopic (exact) mass is 1480 g/mol. The molecule has 0 saturated heterocycles. The number of carbonyl (C=O) groups is 4. The van der Waals surface area contributed by atoms with E-state index in [0.29, 0.717) is 25.7 Å². The zero-order valence-corrected chi connectivity index (χ0v) is 68.2. The largest absolute Gasteiger partial charge is 0.472 e. The van der Waals surface area contributed by atoms with E-state index < -0.39 is 97.5 Å². The lowest BCUT2D eigenvalue weighted by Gasteiger charge is -2.21. The summed E-state index contributed by atoms with van der Waals surface area (Å²) in [4.78, 5) is 72.9. The number of unbranched alkanes of at least 4 members (excludes halogenated alkanes) is 47. The number of hydrogen-bond donors (Lipinski definition) is 3. The third-order valence-electron chi connectivity index (χ3n) is 19.5. The van der Waals surface area contributed by atoms with Crippen molar-refractivity contribution in [2.45, 2.75) is 446 Å². The Morgan fingerprint density at radius 1 is 0.287 bits per heavy atom. The van der Waals surface area contributed by atoms with Crippen LogP contribution in [0.25, 0.3) is 0 Å². The molecule has 3 N–H and O–H groups in total.